The van der Waals surface area contributed by atoms with Crippen molar-refractivity contribution in [2.45, 2.75) is 38.7 Å². The van der Waals surface area contributed by atoms with Gasteiger partial charge in [-0.05, 0) is 19.8 Å². The average molecular weight is 394 g/mol. The van der Waals surface area contributed by atoms with E-state index in [-0.39, 0.29) is 23.8 Å². The molecule has 3 rings (SSSR count). The van der Waals surface area contributed by atoms with Gasteiger partial charge in [0, 0.05) is 31.5 Å². The topological polar surface area (TPSA) is 126 Å². The highest BCUT2D eigenvalue weighted by Crippen LogP contribution is 2.32. The number of nitriles is 1. The summed E-state index contributed by atoms with van der Waals surface area (Å²) < 4.78 is 27.3. The number of aromatic nitrogens is 1. The van der Waals surface area contributed by atoms with Crippen molar-refractivity contribution < 1.29 is 23.1 Å². The number of carbonyl (C=O) groups excluding carboxylic acids is 2. The molecule has 0 aliphatic carbocycles. The predicted molar refractivity (Wildman–Crippen MR) is 95.1 cm³/mol. The van der Waals surface area contributed by atoms with Crippen molar-refractivity contribution in [1.29, 1.82) is 5.26 Å². The minimum absolute atomic E-state index is 0.00722. The number of ether oxygens (including phenoxy) is 1. The fourth-order valence-electron chi connectivity index (χ4n) is 3.54. The van der Waals surface area contributed by atoms with Gasteiger partial charge in [-0.1, -0.05) is 5.16 Å². The number of carbonyl (C=O) groups is 2. The third-order valence-corrected chi connectivity index (χ3v) is 7.29. The van der Waals surface area contributed by atoms with E-state index in [0.29, 0.717) is 49.6 Å². The normalized spacial score (nSPS) is 28.0. The highest BCUT2D eigenvalue weighted by Gasteiger charge is 2.42. The van der Waals surface area contributed by atoms with Gasteiger partial charge in [0.05, 0.1) is 28.4 Å². The molecule has 2 fully saturated rings. The van der Waals surface area contributed by atoms with Crippen LogP contribution in [-0.4, -0.2) is 62.9 Å². The summed E-state index contributed by atoms with van der Waals surface area (Å²) >= 11 is 0. The van der Waals surface area contributed by atoms with Gasteiger partial charge in [-0.15, -0.1) is 0 Å². The van der Waals surface area contributed by atoms with Gasteiger partial charge in [-0.25, -0.2) is 4.21 Å². The monoisotopic (exact) mass is 394 g/mol. The van der Waals surface area contributed by atoms with Gasteiger partial charge in [0.2, 0.25) is 5.91 Å². The van der Waals surface area contributed by atoms with E-state index in [1.807, 2.05) is 6.07 Å². The van der Waals surface area contributed by atoms with Crippen LogP contribution < -0.4 is 0 Å². The smallest absolute Gasteiger partial charge is 0.250 e. The Morgan fingerprint density at radius 3 is 2.74 bits per heavy atom. The maximum absolute atomic E-state index is 12.7. The maximum atomic E-state index is 12.7. The summed E-state index contributed by atoms with van der Waals surface area (Å²) in [5.74, 6) is 0.400. The van der Waals surface area contributed by atoms with Gasteiger partial charge in [0.25, 0.3) is 5.91 Å². The predicted octanol–water partition coefficient (Wildman–Crippen LogP) is 0.803. The van der Waals surface area contributed by atoms with E-state index in [0.717, 1.165) is 0 Å². The molecular weight excluding hydrogens is 372 g/mol. The Morgan fingerprint density at radius 2 is 2.11 bits per heavy atom. The van der Waals surface area contributed by atoms with Crippen molar-refractivity contribution in [2.75, 3.05) is 31.2 Å². The van der Waals surface area contributed by atoms with Crippen molar-refractivity contribution in [3.8, 4) is 6.07 Å². The first-order valence-electron chi connectivity index (χ1n) is 8.76. The quantitative estimate of drug-likeness (QED) is 0.726. The van der Waals surface area contributed by atoms with Crippen LogP contribution in [0, 0.1) is 18.3 Å². The van der Waals surface area contributed by atoms with Crippen LogP contribution in [0.2, 0.25) is 0 Å². The molecule has 0 bridgehead atoms. The second-order valence-corrected chi connectivity index (χ2v) is 9.53. The van der Waals surface area contributed by atoms with Crippen molar-refractivity contribution in [1.82, 2.24) is 10.1 Å². The van der Waals surface area contributed by atoms with Crippen molar-refractivity contribution in [3.05, 3.63) is 17.0 Å². The zero-order valence-electron chi connectivity index (χ0n) is 15.4. The van der Waals surface area contributed by atoms with E-state index in [1.165, 1.54) is 6.92 Å². The number of hydrogen-bond donors (Lipinski definition) is 0. The van der Waals surface area contributed by atoms with E-state index in [9.17, 15) is 13.8 Å². The van der Waals surface area contributed by atoms with Gasteiger partial charge in [-0.2, -0.15) is 9.62 Å². The number of nitrogens with zero attached hydrogens (tertiary/aromatic N) is 4. The minimum Gasteiger partial charge on any atom is -0.371 e. The Kier molecular flexibility index (Phi) is 5.35. The fourth-order valence-corrected chi connectivity index (χ4v) is 5.78. The molecule has 2 aliphatic rings. The van der Waals surface area contributed by atoms with Crippen LogP contribution in [-0.2, 0) is 30.5 Å². The fraction of sp³-hybridized carbons (Fsp3) is 0.647. The maximum Gasteiger partial charge on any atom is 0.250 e. The van der Waals surface area contributed by atoms with Gasteiger partial charge in [-0.3, -0.25) is 9.59 Å². The third-order valence-electron chi connectivity index (χ3n) is 5.01. The molecule has 2 saturated heterocycles. The van der Waals surface area contributed by atoms with Crippen LogP contribution in [0.15, 0.2) is 8.89 Å². The summed E-state index contributed by atoms with van der Waals surface area (Å²) in [5.41, 5.74) is 0.0842. The van der Waals surface area contributed by atoms with Crippen LogP contribution in [0.3, 0.4) is 0 Å². The molecule has 9 nitrogen and oxygen atoms in total. The van der Waals surface area contributed by atoms with Crippen LogP contribution in [0.4, 0.5) is 0 Å². The Hall–Kier alpha value is -2.25. The molecule has 2 amide bonds. The Balaban J connectivity index is 1.68. The summed E-state index contributed by atoms with van der Waals surface area (Å²) in [6.07, 6.45) is 0.963. The highest BCUT2D eigenvalue weighted by atomic mass is 32.2. The molecule has 3 heterocycles. The van der Waals surface area contributed by atoms with Crippen LogP contribution >= 0.6 is 0 Å². The molecule has 0 N–H and O–H groups in total. The number of aryl methyl sites for hydroxylation is 1. The first-order chi connectivity index (χ1) is 12.8. The number of amides is 2. The van der Waals surface area contributed by atoms with E-state index in [4.69, 9.17) is 14.5 Å². The molecule has 27 heavy (non-hydrogen) atoms. The van der Waals surface area contributed by atoms with E-state index < -0.39 is 21.2 Å². The summed E-state index contributed by atoms with van der Waals surface area (Å²) in [5, 5.41) is 13.0. The summed E-state index contributed by atoms with van der Waals surface area (Å²) in [7, 11) is -2.52. The zero-order chi connectivity index (χ0) is 19.7. The standard InChI is InChI=1S/C17H22N4O5S/c1-12-14(10-18)15(19-26-12)9-16(23)21-5-6-25-17(11-21)3-7-27(24,8-4-17)20-13(2)22/h3-9,11H2,1-2H3. The molecule has 146 valence electrons. The van der Waals surface area contributed by atoms with Gasteiger partial charge in [0.1, 0.15) is 17.3 Å². The molecule has 1 spiro atoms. The molecule has 10 heteroatoms. The number of rotatable bonds is 2. The van der Waals surface area contributed by atoms with Gasteiger partial charge < -0.3 is 14.2 Å². The van der Waals surface area contributed by atoms with Gasteiger partial charge in [0.15, 0.2) is 5.76 Å². The first kappa shape index (κ1) is 19.5. The molecule has 0 unspecified atom stereocenters. The lowest BCUT2D eigenvalue weighted by atomic mass is 9.94. The molecule has 0 atom stereocenters. The lowest BCUT2D eigenvalue weighted by Gasteiger charge is -2.45. The van der Waals surface area contributed by atoms with E-state index in [1.54, 1.807) is 11.8 Å². The second-order valence-electron chi connectivity index (χ2n) is 6.99. The molecule has 0 aromatic carbocycles. The molecule has 1 aromatic heterocycles. The van der Waals surface area contributed by atoms with Crippen molar-refractivity contribution >= 4 is 21.5 Å². The lowest BCUT2D eigenvalue weighted by molar-refractivity contribution is -0.151. The van der Waals surface area contributed by atoms with Crippen LogP contribution in [0.1, 0.15) is 36.8 Å². The third kappa shape index (κ3) is 4.20. The van der Waals surface area contributed by atoms with E-state index in [2.05, 4.69) is 9.52 Å². The first-order valence-corrected chi connectivity index (χ1v) is 10.6. The molecular formula is C17H22N4O5S. The van der Waals surface area contributed by atoms with Crippen molar-refractivity contribution in [2.24, 2.45) is 4.36 Å². The van der Waals surface area contributed by atoms with Crippen LogP contribution in [0.5, 0.6) is 0 Å². The SMILES string of the molecule is CC(=O)N=S1(=O)CCC2(CC1)CN(C(=O)Cc1noc(C)c1C#N)CCO2. The molecule has 0 radical (unpaired) electrons. The molecule has 2 aliphatic heterocycles. The average Bonchev–Trinajstić information content (AvgIpc) is 2.97. The lowest BCUT2D eigenvalue weighted by Crippen LogP contribution is -2.56. The zero-order valence-corrected chi connectivity index (χ0v) is 16.2. The van der Waals surface area contributed by atoms with Crippen molar-refractivity contribution in [3.63, 3.8) is 0 Å². The largest absolute Gasteiger partial charge is 0.371 e. The summed E-state index contributed by atoms with van der Waals surface area (Å²) in [4.78, 5) is 25.6. The summed E-state index contributed by atoms with van der Waals surface area (Å²) in [6, 6.07) is 2.01. The van der Waals surface area contributed by atoms with Gasteiger partial charge >= 0.3 is 0 Å². The van der Waals surface area contributed by atoms with E-state index >= 15 is 0 Å². The molecule has 1 aromatic rings. The Morgan fingerprint density at radius 1 is 1.41 bits per heavy atom. The highest BCUT2D eigenvalue weighted by molar-refractivity contribution is 7.93. The summed E-state index contributed by atoms with van der Waals surface area (Å²) in [6.45, 7) is 4.16. The Labute approximate surface area is 157 Å². The van der Waals surface area contributed by atoms with Crippen LogP contribution in [0.25, 0.3) is 0 Å². The second kappa shape index (κ2) is 7.40. The Bertz CT molecular complexity index is 908. The number of morpholine rings is 1. The molecule has 0 saturated carbocycles. The number of hydrogen-bond acceptors (Lipinski definition) is 7. The minimum atomic E-state index is -2.52.